The van der Waals surface area contributed by atoms with Gasteiger partial charge < -0.3 is 18.9 Å². The number of hydrogen-bond acceptors (Lipinski definition) is 9. The summed E-state index contributed by atoms with van der Waals surface area (Å²) in [4.78, 5) is 36.1. The topological polar surface area (TPSA) is 116 Å². The van der Waals surface area contributed by atoms with Crippen molar-refractivity contribution in [2.45, 2.75) is 31.2 Å². The SMILES string of the molecule is CCOC(=O)N1N=N[C@H]2[C@H]3O[C@H]([C@H](C(=O)OC)[C@@H]3C(=O)OC)[C@H]21. The number of nitrogens with zero attached hydrogens (tertiary/aromatic N) is 3. The molecule has 2 bridgehead atoms. The van der Waals surface area contributed by atoms with Gasteiger partial charge in [0.1, 0.15) is 23.9 Å². The molecule has 126 valence electrons. The van der Waals surface area contributed by atoms with E-state index in [0.717, 1.165) is 5.01 Å². The fraction of sp³-hybridized carbons (Fsp3) is 0.769. The monoisotopic (exact) mass is 327 g/mol. The Morgan fingerprint density at radius 1 is 1.09 bits per heavy atom. The van der Waals surface area contributed by atoms with Crippen molar-refractivity contribution in [1.82, 2.24) is 5.01 Å². The summed E-state index contributed by atoms with van der Waals surface area (Å²) < 4.78 is 20.2. The minimum absolute atomic E-state index is 0.183. The van der Waals surface area contributed by atoms with Crippen molar-refractivity contribution in [3.05, 3.63) is 0 Å². The molecule has 3 rings (SSSR count). The lowest BCUT2D eigenvalue weighted by Crippen LogP contribution is -2.55. The van der Waals surface area contributed by atoms with Crippen molar-refractivity contribution >= 4 is 18.0 Å². The summed E-state index contributed by atoms with van der Waals surface area (Å²) in [6.07, 6.45) is -2.11. The second kappa shape index (κ2) is 5.76. The lowest BCUT2D eigenvalue weighted by atomic mass is 9.74. The molecule has 3 aliphatic rings. The molecule has 0 N–H and O–H groups in total. The van der Waals surface area contributed by atoms with Crippen LogP contribution in [0, 0.1) is 11.8 Å². The molecule has 10 nitrogen and oxygen atoms in total. The number of fused-ring (bicyclic) bond motifs is 5. The van der Waals surface area contributed by atoms with Crippen molar-refractivity contribution in [3.8, 4) is 0 Å². The largest absolute Gasteiger partial charge is 0.469 e. The molecule has 2 fully saturated rings. The fourth-order valence-corrected chi connectivity index (χ4v) is 3.51. The number of esters is 2. The van der Waals surface area contributed by atoms with E-state index < -0.39 is 54.2 Å². The summed E-state index contributed by atoms with van der Waals surface area (Å²) >= 11 is 0. The molecule has 0 unspecified atom stereocenters. The highest BCUT2D eigenvalue weighted by atomic mass is 16.6. The van der Waals surface area contributed by atoms with E-state index in [1.165, 1.54) is 14.2 Å². The Morgan fingerprint density at radius 2 is 1.70 bits per heavy atom. The second-order valence-corrected chi connectivity index (χ2v) is 5.39. The van der Waals surface area contributed by atoms with E-state index in [9.17, 15) is 14.4 Å². The molecule has 6 atom stereocenters. The molecular weight excluding hydrogens is 310 g/mol. The van der Waals surface area contributed by atoms with E-state index in [0.29, 0.717) is 0 Å². The maximum absolute atomic E-state index is 12.1. The first-order valence-corrected chi connectivity index (χ1v) is 7.23. The van der Waals surface area contributed by atoms with Gasteiger partial charge in [0.05, 0.1) is 33.0 Å². The Labute approximate surface area is 131 Å². The number of carbonyl (C=O) groups is 3. The molecular formula is C13H17N3O7. The van der Waals surface area contributed by atoms with E-state index in [-0.39, 0.29) is 6.61 Å². The van der Waals surface area contributed by atoms with Crippen LogP contribution in [0.3, 0.4) is 0 Å². The summed E-state index contributed by atoms with van der Waals surface area (Å²) in [5.41, 5.74) is 0. The summed E-state index contributed by atoms with van der Waals surface area (Å²) in [6, 6.07) is -1.13. The minimum atomic E-state index is -0.876. The van der Waals surface area contributed by atoms with Gasteiger partial charge >= 0.3 is 18.0 Å². The first-order chi connectivity index (χ1) is 11.0. The first kappa shape index (κ1) is 15.7. The van der Waals surface area contributed by atoms with Crippen LogP contribution in [0.25, 0.3) is 0 Å². The van der Waals surface area contributed by atoms with Crippen LogP contribution in [0.15, 0.2) is 10.3 Å². The molecule has 23 heavy (non-hydrogen) atoms. The molecule has 3 aliphatic heterocycles. The number of hydrogen-bond donors (Lipinski definition) is 0. The lowest BCUT2D eigenvalue weighted by molar-refractivity contribution is -0.158. The van der Waals surface area contributed by atoms with Crippen LogP contribution in [0.2, 0.25) is 0 Å². The zero-order valence-electron chi connectivity index (χ0n) is 12.9. The molecule has 1 amide bonds. The molecule has 0 aliphatic carbocycles. The summed E-state index contributed by atoms with van der Waals surface area (Å²) in [5.74, 6) is -2.88. The van der Waals surface area contributed by atoms with Gasteiger partial charge in [0.25, 0.3) is 0 Å². The van der Waals surface area contributed by atoms with Gasteiger partial charge in [0.2, 0.25) is 0 Å². The quantitative estimate of drug-likeness (QED) is 0.526. The zero-order chi connectivity index (χ0) is 16.7. The van der Waals surface area contributed by atoms with Gasteiger partial charge in [-0.25, -0.2) is 4.79 Å². The zero-order valence-corrected chi connectivity index (χ0v) is 12.9. The Balaban J connectivity index is 1.90. The number of rotatable bonds is 3. The molecule has 0 saturated carbocycles. The fourth-order valence-electron chi connectivity index (χ4n) is 3.51. The Hall–Kier alpha value is -2.23. The van der Waals surface area contributed by atoms with Gasteiger partial charge in [0, 0.05) is 0 Å². The summed E-state index contributed by atoms with van der Waals surface area (Å²) in [5, 5.41) is 8.91. The van der Waals surface area contributed by atoms with Gasteiger partial charge in [-0.3, -0.25) is 9.59 Å². The molecule has 3 heterocycles. The third kappa shape index (κ3) is 2.16. The van der Waals surface area contributed by atoms with Crippen molar-refractivity contribution in [2.24, 2.45) is 22.2 Å². The number of ether oxygens (including phenoxy) is 4. The number of carbonyl (C=O) groups excluding carboxylic acids is 3. The predicted molar refractivity (Wildman–Crippen MR) is 71.0 cm³/mol. The highest BCUT2D eigenvalue weighted by Gasteiger charge is 2.69. The smallest absolute Gasteiger partial charge is 0.432 e. The van der Waals surface area contributed by atoms with E-state index in [1.807, 2.05) is 0 Å². The van der Waals surface area contributed by atoms with Crippen molar-refractivity contribution in [1.29, 1.82) is 0 Å². The van der Waals surface area contributed by atoms with Crippen LogP contribution in [0.1, 0.15) is 6.92 Å². The predicted octanol–water partition coefficient (Wildman–Crippen LogP) is -0.0777. The average molecular weight is 327 g/mol. The highest BCUT2D eigenvalue weighted by Crippen LogP contribution is 2.50. The van der Waals surface area contributed by atoms with Crippen LogP contribution in [-0.4, -0.2) is 68.2 Å². The van der Waals surface area contributed by atoms with Crippen LogP contribution >= 0.6 is 0 Å². The first-order valence-electron chi connectivity index (χ1n) is 7.23. The van der Waals surface area contributed by atoms with Gasteiger partial charge in [-0.1, -0.05) is 5.22 Å². The highest BCUT2D eigenvalue weighted by molar-refractivity contribution is 5.85. The van der Waals surface area contributed by atoms with Crippen molar-refractivity contribution in [2.75, 3.05) is 20.8 Å². The summed E-state index contributed by atoms with van der Waals surface area (Å²) in [7, 11) is 2.47. The standard InChI is InChI=1S/C13H17N3O7/c1-4-22-13(19)16-8-7(14-15-16)9-5(11(17)20-2)6(10(8)23-9)12(18)21-3/h5-10H,4H2,1-3H3/t5-,6+,7+,8-,9-,10+/m0/s1. The van der Waals surface area contributed by atoms with E-state index in [4.69, 9.17) is 18.9 Å². The molecule has 0 radical (unpaired) electrons. The van der Waals surface area contributed by atoms with E-state index in [2.05, 4.69) is 10.3 Å². The van der Waals surface area contributed by atoms with Gasteiger partial charge in [-0.15, -0.1) is 0 Å². The van der Waals surface area contributed by atoms with E-state index >= 15 is 0 Å². The van der Waals surface area contributed by atoms with Gasteiger partial charge in [0.15, 0.2) is 0 Å². The second-order valence-electron chi connectivity index (χ2n) is 5.39. The van der Waals surface area contributed by atoms with Gasteiger partial charge in [-0.2, -0.15) is 10.1 Å². The molecule has 0 aromatic heterocycles. The van der Waals surface area contributed by atoms with Crippen LogP contribution in [0.5, 0.6) is 0 Å². The van der Waals surface area contributed by atoms with Gasteiger partial charge in [-0.05, 0) is 6.92 Å². The third-order valence-electron chi connectivity index (χ3n) is 4.40. The number of methoxy groups -OCH3 is 2. The van der Waals surface area contributed by atoms with Crippen LogP contribution in [0.4, 0.5) is 4.79 Å². The number of amides is 1. The molecule has 2 saturated heterocycles. The maximum Gasteiger partial charge on any atom is 0.432 e. The maximum atomic E-state index is 12.1. The molecule has 0 aromatic rings. The normalized spacial score (nSPS) is 36.7. The lowest BCUT2D eigenvalue weighted by Gasteiger charge is -2.32. The minimum Gasteiger partial charge on any atom is -0.469 e. The Bertz CT molecular complexity index is 566. The third-order valence-corrected chi connectivity index (χ3v) is 4.40. The van der Waals surface area contributed by atoms with Crippen molar-refractivity contribution < 1.29 is 33.3 Å². The average Bonchev–Trinajstić information content (AvgIpc) is 3.22. The molecule has 10 heteroatoms. The van der Waals surface area contributed by atoms with Crippen LogP contribution < -0.4 is 0 Å². The van der Waals surface area contributed by atoms with Crippen molar-refractivity contribution in [3.63, 3.8) is 0 Å². The summed E-state index contributed by atoms with van der Waals surface area (Å²) in [6.45, 7) is 1.85. The Kier molecular flexibility index (Phi) is 3.92. The Morgan fingerprint density at radius 3 is 2.26 bits per heavy atom. The molecule has 0 spiro atoms. The van der Waals surface area contributed by atoms with E-state index in [1.54, 1.807) is 6.92 Å². The van der Waals surface area contributed by atoms with Crippen LogP contribution in [-0.2, 0) is 28.5 Å². The molecule has 0 aromatic carbocycles.